The van der Waals surface area contributed by atoms with Crippen molar-refractivity contribution in [3.05, 3.63) is 35.4 Å². The first-order chi connectivity index (χ1) is 7.89. The fourth-order valence-corrected chi connectivity index (χ4v) is 1.48. The fourth-order valence-electron chi connectivity index (χ4n) is 1.48. The first kappa shape index (κ1) is 13.2. The van der Waals surface area contributed by atoms with Gasteiger partial charge in [0.25, 0.3) is 0 Å². The average molecular weight is 235 g/mol. The molecule has 4 heteroatoms. The molecule has 0 aliphatic rings. The van der Waals surface area contributed by atoms with Gasteiger partial charge in [0.2, 0.25) is 5.91 Å². The highest BCUT2D eigenvalue weighted by Gasteiger charge is 2.31. The fraction of sp³-hybridized carbons (Fsp3) is 0.385. The van der Waals surface area contributed by atoms with Crippen LogP contribution in [-0.2, 0) is 14.9 Å². The molecule has 0 unspecified atom stereocenters. The van der Waals surface area contributed by atoms with Crippen LogP contribution >= 0.6 is 0 Å². The molecule has 0 bridgehead atoms. The van der Waals surface area contributed by atoms with Crippen molar-refractivity contribution in [1.29, 1.82) is 0 Å². The smallest absolute Gasteiger partial charge is 0.315 e. The summed E-state index contributed by atoms with van der Waals surface area (Å²) in [7, 11) is 0. The van der Waals surface area contributed by atoms with Gasteiger partial charge in [-0.3, -0.25) is 9.59 Å². The quantitative estimate of drug-likeness (QED) is 0.806. The molecule has 0 saturated heterocycles. The summed E-state index contributed by atoms with van der Waals surface area (Å²) >= 11 is 0. The topological polar surface area (TPSA) is 69.4 Å². The number of carbonyl (C=O) groups excluding carboxylic acids is 2. The predicted molar refractivity (Wildman–Crippen MR) is 64.6 cm³/mol. The zero-order valence-corrected chi connectivity index (χ0v) is 10.3. The van der Waals surface area contributed by atoms with Crippen LogP contribution in [0.25, 0.3) is 0 Å². The van der Waals surface area contributed by atoms with Crippen LogP contribution in [0.2, 0.25) is 0 Å². The Hall–Kier alpha value is -1.84. The molecule has 0 aromatic heterocycles. The number of rotatable bonds is 4. The second-order valence-electron chi connectivity index (χ2n) is 4.29. The number of amides is 1. The largest absolute Gasteiger partial charge is 0.465 e. The predicted octanol–water partition coefficient (Wildman–Crippen LogP) is 1.63. The molecule has 0 radical (unpaired) electrons. The van der Waals surface area contributed by atoms with Gasteiger partial charge >= 0.3 is 5.97 Å². The Bertz CT molecular complexity index is 421. The Labute approximate surface area is 101 Å². The van der Waals surface area contributed by atoms with Gasteiger partial charge < -0.3 is 10.5 Å². The van der Waals surface area contributed by atoms with E-state index in [1.54, 1.807) is 45.0 Å². The molecular weight excluding hydrogens is 218 g/mol. The minimum absolute atomic E-state index is 0.285. The zero-order chi connectivity index (χ0) is 13.1. The molecule has 92 valence electrons. The SMILES string of the molecule is CCOC(=O)C(C)(C)c1ccc(C(N)=O)cc1. The van der Waals surface area contributed by atoms with Gasteiger partial charge in [-0.2, -0.15) is 0 Å². The van der Waals surface area contributed by atoms with E-state index in [1.165, 1.54) is 0 Å². The highest BCUT2D eigenvalue weighted by atomic mass is 16.5. The molecule has 0 aliphatic heterocycles. The minimum atomic E-state index is -0.730. The van der Waals surface area contributed by atoms with Gasteiger partial charge in [0.05, 0.1) is 12.0 Å². The van der Waals surface area contributed by atoms with Gasteiger partial charge in [-0.1, -0.05) is 12.1 Å². The number of primary amides is 1. The van der Waals surface area contributed by atoms with E-state index < -0.39 is 11.3 Å². The van der Waals surface area contributed by atoms with E-state index in [4.69, 9.17) is 10.5 Å². The van der Waals surface area contributed by atoms with E-state index in [0.29, 0.717) is 12.2 Å². The van der Waals surface area contributed by atoms with Crippen molar-refractivity contribution in [1.82, 2.24) is 0 Å². The molecule has 0 fully saturated rings. The third-order valence-electron chi connectivity index (χ3n) is 2.68. The van der Waals surface area contributed by atoms with E-state index >= 15 is 0 Å². The molecule has 0 aliphatic carbocycles. The van der Waals surface area contributed by atoms with Crippen molar-refractivity contribution in [3.63, 3.8) is 0 Å². The molecule has 1 aromatic carbocycles. The second-order valence-corrected chi connectivity index (χ2v) is 4.29. The standard InChI is InChI=1S/C13H17NO3/c1-4-17-12(16)13(2,3)10-7-5-9(6-8-10)11(14)15/h5-8H,4H2,1-3H3,(H2,14,15). The van der Waals surface area contributed by atoms with E-state index in [9.17, 15) is 9.59 Å². The lowest BCUT2D eigenvalue weighted by Crippen LogP contribution is -2.31. The zero-order valence-electron chi connectivity index (χ0n) is 10.3. The molecule has 1 aromatic rings. The first-order valence-corrected chi connectivity index (χ1v) is 5.47. The van der Waals surface area contributed by atoms with Crippen molar-refractivity contribution < 1.29 is 14.3 Å². The van der Waals surface area contributed by atoms with Crippen LogP contribution in [0.5, 0.6) is 0 Å². The van der Waals surface area contributed by atoms with Crippen LogP contribution in [0.15, 0.2) is 24.3 Å². The summed E-state index contributed by atoms with van der Waals surface area (Å²) in [5, 5.41) is 0. The lowest BCUT2D eigenvalue weighted by atomic mass is 9.84. The van der Waals surface area contributed by atoms with Gasteiger partial charge in [-0.15, -0.1) is 0 Å². The second kappa shape index (κ2) is 4.99. The van der Waals surface area contributed by atoms with Gasteiger partial charge in [-0.25, -0.2) is 0 Å². The number of esters is 1. The molecule has 0 spiro atoms. The van der Waals surface area contributed by atoms with Crippen LogP contribution < -0.4 is 5.73 Å². The number of hydrogen-bond donors (Lipinski definition) is 1. The van der Waals surface area contributed by atoms with Crippen LogP contribution in [0.3, 0.4) is 0 Å². The molecule has 1 rings (SSSR count). The van der Waals surface area contributed by atoms with E-state index in [2.05, 4.69) is 0 Å². The molecule has 0 atom stereocenters. The van der Waals surface area contributed by atoms with Crippen molar-refractivity contribution in [3.8, 4) is 0 Å². The van der Waals surface area contributed by atoms with E-state index in [1.807, 2.05) is 0 Å². The van der Waals surface area contributed by atoms with Crippen molar-refractivity contribution in [2.75, 3.05) is 6.61 Å². The summed E-state index contributed by atoms with van der Waals surface area (Å²) in [6, 6.07) is 6.66. The molecule has 0 saturated carbocycles. The van der Waals surface area contributed by atoms with Crippen LogP contribution in [0.1, 0.15) is 36.7 Å². The summed E-state index contributed by atoms with van der Waals surface area (Å²) in [6.07, 6.45) is 0. The normalized spacial score (nSPS) is 11.0. The maximum absolute atomic E-state index is 11.8. The van der Waals surface area contributed by atoms with Crippen LogP contribution in [0, 0.1) is 0 Å². The first-order valence-electron chi connectivity index (χ1n) is 5.47. The van der Waals surface area contributed by atoms with E-state index in [0.717, 1.165) is 5.56 Å². The molecular formula is C13H17NO3. The number of carbonyl (C=O) groups is 2. The minimum Gasteiger partial charge on any atom is -0.465 e. The molecule has 1 amide bonds. The number of ether oxygens (including phenoxy) is 1. The Kier molecular flexibility index (Phi) is 3.89. The summed E-state index contributed by atoms with van der Waals surface area (Å²) in [4.78, 5) is 22.7. The third-order valence-corrected chi connectivity index (χ3v) is 2.68. The van der Waals surface area contributed by atoms with Crippen LogP contribution in [0.4, 0.5) is 0 Å². The highest BCUT2D eigenvalue weighted by molar-refractivity contribution is 5.93. The maximum atomic E-state index is 11.8. The van der Waals surface area contributed by atoms with Crippen molar-refractivity contribution >= 4 is 11.9 Å². The number of benzene rings is 1. The average Bonchev–Trinajstić information content (AvgIpc) is 2.29. The maximum Gasteiger partial charge on any atom is 0.315 e. The van der Waals surface area contributed by atoms with Gasteiger partial charge in [0.1, 0.15) is 0 Å². The molecule has 17 heavy (non-hydrogen) atoms. The highest BCUT2D eigenvalue weighted by Crippen LogP contribution is 2.25. The van der Waals surface area contributed by atoms with Crippen molar-refractivity contribution in [2.24, 2.45) is 5.73 Å². The monoisotopic (exact) mass is 235 g/mol. The Morgan fingerprint density at radius 3 is 2.18 bits per heavy atom. The van der Waals surface area contributed by atoms with Crippen LogP contribution in [-0.4, -0.2) is 18.5 Å². The summed E-state index contributed by atoms with van der Waals surface area (Å²) in [5.41, 5.74) is 5.64. The number of hydrogen-bond acceptors (Lipinski definition) is 3. The Morgan fingerprint density at radius 1 is 1.24 bits per heavy atom. The van der Waals surface area contributed by atoms with Gasteiger partial charge in [-0.05, 0) is 38.5 Å². The molecule has 0 heterocycles. The van der Waals surface area contributed by atoms with E-state index in [-0.39, 0.29) is 5.97 Å². The molecule has 2 N–H and O–H groups in total. The Morgan fingerprint density at radius 2 is 1.76 bits per heavy atom. The number of nitrogens with two attached hydrogens (primary N) is 1. The Balaban J connectivity index is 2.99. The van der Waals surface area contributed by atoms with Gasteiger partial charge in [0.15, 0.2) is 0 Å². The lowest BCUT2D eigenvalue weighted by Gasteiger charge is -2.22. The summed E-state index contributed by atoms with van der Waals surface area (Å²) in [5.74, 6) is -0.766. The summed E-state index contributed by atoms with van der Waals surface area (Å²) in [6.45, 7) is 5.68. The molecule has 4 nitrogen and oxygen atoms in total. The lowest BCUT2D eigenvalue weighted by molar-refractivity contribution is -0.148. The van der Waals surface area contributed by atoms with Gasteiger partial charge in [0, 0.05) is 5.56 Å². The third kappa shape index (κ3) is 2.84. The summed E-state index contributed by atoms with van der Waals surface area (Å²) < 4.78 is 5.01. The van der Waals surface area contributed by atoms with Crippen molar-refractivity contribution in [2.45, 2.75) is 26.2 Å².